The second kappa shape index (κ2) is 5.52. The quantitative estimate of drug-likeness (QED) is 0.546. The van der Waals surface area contributed by atoms with Gasteiger partial charge < -0.3 is 0 Å². The molecular formula is C11H11F3N4. The summed E-state index contributed by atoms with van der Waals surface area (Å²) in [6.45, 7) is 8.75. The smallest absolute Gasteiger partial charge is 0.264 e. The average molecular weight is 256 g/mol. The fourth-order valence-corrected chi connectivity index (χ4v) is 1.07. The van der Waals surface area contributed by atoms with E-state index >= 15 is 0 Å². The van der Waals surface area contributed by atoms with E-state index in [4.69, 9.17) is 0 Å². The molecule has 0 aromatic rings. The Morgan fingerprint density at radius 3 is 2.67 bits per heavy atom. The van der Waals surface area contributed by atoms with Crippen molar-refractivity contribution in [2.75, 3.05) is 0 Å². The summed E-state index contributed by atoms with van der Waals surface area (Å²) in [4.78, 5) is 3.82. The summed E-state index contributed by atoms with van der Waals surface area (Å²) in [6.07, 6.45) is -0.353. The second-order valence-electron chi connectivity index (χ2n) is 3.52. The van der Waals surface area contributed by atoms with Crippen molar-refractivity contribution in [3.8, 4) is 0 Å². The number of hydrogen-bond acceptors (Lipinski definition) is 4. The second-order valence-corrected chi connectivity index (χ2v) is 3.52. The topological polar surface area (TPSA) is 49.4 Å². The Morgan fingerprint density at radius 2 is 2.11 bits per heavy atom. The summed E-state index contributed by atoms with van der Waals surface area (Å²) >= 11 is 0. The summed E-state index contributed by atoms with van der Waals surface area (Å²) in [5.41, 5.74) is -0.236. The SMILES string of the molecule is C=C/C(C)=C\N=C/C(=C)C1N=NN=C1C(F)(F)F. The molecule has 0 radical (unpaired) electrons. The number of allylic oxidation sites excluding steroid dienone is 2. The predicted molar refractivity (Wildman–Crippen MR) is 63.7 cm³/mol. The maximum absolute atomic E-state index is 12.5. The number of rotatable bonds is 4. The molecule has 0 N–H and O–H groups in total. The molecule has 0 spiro atoms. The summed E-state index contributed by atoms with van der Waals surface area (Å²) in [5.74, 6) is 0. The van der Waals surface area contributed by atoms with Crippen molar-refractivity contribution in [3.63, 3.8) is 0 Å². The van der Waals surface area contributed by atoms with Crippen LogP contribution in [0.5, 0.6) is 0 Å². The first-order valence-corrected chi connectivity index (χ1v) is 4.92. The molecule has 0 fully saturated rings. The van der Waals surface area contributed by atoms with Crippen LogP contribution in [0.4, 0.5) is 13.2 Å². The molecular weight excluding hydrogens is 245 g/mol. The minimum absolute atomic E-state index is 0.0698. The lowest BCUT2D eigenvalue weighted by atomic mass is 10.1. The van der Waals surface area contributed by atoms with Gasteiger partial charge in [-0.3, -0.25) is 4.99 Å². The molecule has 1 rings (SSSR count). The maximum Gasteiger partial charge on any atom is 0.433 e. The van der Waals surface area contributed by atoms with E-state index in [1.807, 2.05) is 0 Å². The lowest BCUT2D eigenvalue weighted by Gasteiger charge is -2.11. The first kappa shape index (κ1) is 14.0. The Morgan fingerprint density at radius 1 is 1.44 bits per heavy atom. The van der Waals surface area contributed by atoms with Gasteiger partial charge in [-0.25, -0.2) is 0 Å². The zero-order chi connectivity index (χ0) is 13.8. The molecule has 7 heteroatoms. The summed E-state index contributed by atoms with van der Waals surface area (Å²) in [6, 6.07) is -1.31. The monoisotopic (exact) mass is 256 g/mol. The van der Waals surface area contributed by atoms with Crippen LogP contribution in [-0.2, 0) is 0 Å². The fraction of sp³-hybridized carbons (Fsp3) is 0.273. The zero-order valence-electron chi connectivity index (χ0n) is 9.65. The molecule has 96 valence electrons. The van der Waals surface area contributed by atoms with Crippen molar-refractivity contribution < 1.29 is 13.2 Å². The van der Waals surface area contributed by atoms with Crippen LogP contribution in [0.25, 0.3) is 0 Å². The fourth-order valence-electron chi connectivity index (χ4n) is 1.07. The van der Waals surface area contributed by atoms with Gasteiger partial charge in [0.05, 0.1) is 0 Å². The third-order valence-corrected chi connectivity index (χ3v) is 2.06. The Kier molecular flexibility index (Phi) is 4.30. The van der Waals surface area contributed by atoms with Crippen LogP contribution in [0.3, 0.4) is 0 Å². The highest BCUT2D eigenvalue weighted by Gasteiger charge is 2.44. The largest absolute Gasteiger partial charge is 0.433 e. The Balaban J connectivity index is 2.78. The van der Waals surface area contributed by atoms with Gasteiger partial charge in [0.25, 0.3) is 0 Å². The van der Waals surface area contributed by atoms with Gasteiger partial charge in [-0.2, -0.15) is 18.3 Å². The minimum atomic E-state index is -4.57. The van der Waals surface area contributed by atoms with Crippen molar-refractivity contribution in [2.24, 2.45) is 20.4 Å². The van der Waals surface area contributed by atoms with Crippen molar-refractivity contribution >= 4 is 11.9 Å². The molecule has 0 amide bonds. The Labute approximate surface area is 102 Å². The highest BCUT2D eigenvalue weighted by atomic mass is 19.4. The molecule has 0 aliphatic carbocycles. The van der Waals surface area contributed by atoms with E-state index in [2.05, 4.69) is 33.6 Å². The van der Waals surface area contributed by atoms with Gasteiger partial charge in [0.15, 0.2) is 5.71 Å². The number of alkyl halides is 3. The molecule has 0 saturated carbocycles. The number of aliphatic imine (C=N–C) groups is 1. The summed E-state index contributed by atoms with van der Waals surface area (Å²) < 4.78 is 37.5. The van der Waals surface area contributed by atoms with Gasteiger partial charge in [0.2, 0.25) is 0 Å². The zero-order valence-corrected chi connectivity index (χ0v) is 9.65. The van der Waals surface area contributed by atoms with E-state index in [1.165, 1.54) is 12.4 Å². The van der Waals surface area contributed by atoms with Crippen LogP contribution < -0.4 is 0 Å². The van der Waals surface area contributed by atoms with E-state index < -0.39 is 17.9 Å². The van der Waals surface area contributed by atoms with Gasteiger partial charge >= 0.3 is 6.18 Å². The average Bonchev–Trinajstić information content (AvgIpc) is 2.77. The third-order valence-electron chi connectivity index (χ3n) is 2.06. The maximum atomic E-state index is 12.5. The lowest BCUT2D eigenvalue weighted by molar-refractivity contribution is -0.0603. The number of nitrogens with zero attached hydrogens (tertiary/aromatic N) is 4. The van der Waals surface area contributed by atoms with E-state index in [0.29, 0.717) is 0 Å². The molecule has 0 saturated heterocycles. The molecule has 1 atom stereocenters. The van der Waals surface area contributed by atoms with Crippen molar-refractivity contribution in [1.29, 1.82) is 0 Å². The molecule has 0 aromatic heterocycles. The normalized spacial score (nSPS) is 20.3. The van der Waals surface area contributed by atoms with Crippen LogP contribution in [0.15, 0.2) is 57.0 Å². The molecule has 0 bridgehead atoms. The van der Waals surface area contributed by atoms with E-state index in [0.717, 1.165) is 5.57 Å². The summed E-state index contributed by atoms with van der Waals surface area (Å²) in [7, 11) is 0. The third kappa shape index (κ3) is 3.47. The number of hydrogen-bond donors (Lipinski definition) is 0. The minimum Gasteiger partial charge on any atom is -0.264 e. The van der Waals surface area contributed by atoms with E-state index in [-0.39, 0.29) is 5.57 Å². The van der Waals surface area contributed by atoms with Crippen LogP contribution in [0.2, 0.25) is 0 Å². The number of halogens is 3. The Hall–Kier alpha value is -2.05. The van der Waals surface area contributed by atoms with Crippen LogP contribution in [0.1, 0.15) is 6.92 Å². The van der Waals surface area contributed by atoms with Gasteiger partial charge in [0, 0.05) is 12.4 Å². The molecule has 1 aliphatic rings. The van der Waals surface area contributed by atoms with Crippen molar-refractivity contribution in [3.05, 3.63) is 36.6 Å². The van der Waals surface area contributed by atoms with E-state index in [1.54, 1.807) is 13.0 Å². The molecule has 0 aromatic carbocycles. The highest BCUT2D eigenvalue weighted by molar-refractivity contribution is 6.02. The first-order valence-electron chi connectivity index (χ1n) is 4.92. The lowest BCUT2D eigenvalue weighted by Crippen LogP contribution is -2.32. The first-order chi connectivity index (χ1) is 8.36. The van der Waals surface area contributed by atoms with Crippen molar-refractivity contribution in [2.45, 2.75) is 19.1 Å². The highest BCUT2D eigenvalue weighted by Crippen LogP contribution is 2.26. The summed E-state index contributed by atoms with van der Waals surface area (Å²) in [5, 5.41) is 9.37. The van der Waals surface area contributed by atoms with Crippen LogP contribution >= 0.6 is 0 Å². The van der Waals surface area contributed by atoms with Gasteiger partial charge in [-0.1, -0.05) is 19.2 Å². The molecule has 1 unspecified atom stereocenters. The van der Waals surface area contributed by atoms with Gasteiger partial charge in [0.1, 0.15) is 6.04 Å². The predicted octanol–water partition coefficient (Wildman–Crippen LogP) is 3.46. The van der Waals surface area contributed by atoms with Gasteiger partial charge in [-0.05, 0) is 23.3 Å². The van der Waals surface area contributed by atoms with Crippen molar-refractivity contribution in [1.82, 2.24) is 0 Å². The van der Waals surface area contributed by atoms with Gasteiger partial charge in [-0.15, -0.1) is 5.10 Å². The standard InChI is InChI=1S/C11H11F3N4/c1-4-7(2)5-15-6-8(3)9-10(11(12,13)14)17-18-16-9/h4-6,9H,1,3H2,2H3/b7-5-,15-6-. The molecule has 4 nitrogen and oxygen atoms in total. The van der Waals surface area contributed by atoms with Crippen LogP contribution in [0, 0.1) is 0 Å². The molecule has 18 heavy (non-hydrogen) atoms. The van der Waals surface area contributed by atoms with E-state index in [9.17, 15) is 13.2 Å². The van der Waals surface area contributed by atoms with Crippen LogP contribution in [-0.4, -0.2) is 24.1 Å². The molecule has 1 heterocycles. The Bertz CT molecular complexity index is 469. The molecule has 1 aliphatic heterocycles.